The van der Waals surface area contributed by atoms with Crippen LogP contribution in [-0.4, -0.2) is 23.0 Å². The van der Waals surface area contributed by atoms with Gasteiger partial charge < -0.3 is 10.6 Å². The summed E-state index contributed by atoms with van der Waals surface area (Å²) in [5, 5.41) is 6.94. The van der Waals surface area contributed by atoms with Crippen molar-refractivity contribution in [2.24, 2.45) is 0 Å². The quantitative estimate of drug-likeness (QED) is 0.500. The van der Waals surface area contributed by atoms with Crippen LogP contribution in [0.25, 0.3) is 0 Å². The summed E-state index contributed by atoms with van der Waals surface area (Å²) in [5.74, 6) is 0.247. The molecule has 142 valence electrons. The fraction of sp³-hybridized carbons (Fsp3) is 0.952. The predicted molar refractivity (Wildman–Crippen MR) is 104 cm³/mol. The zero-order chi connectivity index (χ0) is 18.1. The van der Waals surface area contributed by atoms with Crippen LogP contribution in [0.5, 0.6) is 0 Å². The fourth-order valence-corrected chi connectivity index (χ4v) is 4.32. The van der Waals surface area contributed by atoms with E-state index in [0.717, 1.165) is 19.3 Å². The van der Waals surface area contributed by atoms with Gasteiger partial charge in [-0.15, -0.1) is 0 Å². The Hall–Kier alpha value is -0.570. The highest BCUT2D eigenvalue weighted by molar-refractivity contribution is 5.76. The number of amides is 1. The van der Waals surface area contributed by atoms with Crippen LogP contribution in [0.4, 0.5) is 0 Å². The minimum atomic E-state index is 0.0947. The SMILES string of the molecule is CCCCCCCCCCCC(=O)NC1CC(C)(C)NC(C)(C)C1. The van der Waals surface area contributed by atoms with Gasteiger partial charge >= 0.3 is 0 Å². The van der Waals surface area contributed by atoms with E-state index in [9.17, 15) is 4.79 Å². The molecule has 3 heteroatoms. The van der Waals surface area contributed by atoms with E-state index in [1.54, 1.807) is 0 Å². The van der Waals surface area contributed by atoms with Gasteiger partial charge in [0.15, 0.2) is 0 Å². The first kappa shape index (κ1) is 21.5. The average Bonchev–Trinajstić information content (AvgIpc) is 2.42. The van der Waals surface area contributed by atoms with E-state index in [4.69, 9.17) is 0 Å². The molecule has 1 aliphatic rings. The topological polar surface area (TPSA) is 41.1 Å². The molecule has 0 unspecified atom stereocenters. The van der Waals surface area contributed by atoms with Crippen molar-refractivity contribution in [2.45, 2.75) is 129 Å². The predicted octanol–water partition coefficient (Wildman–Crippen LogP) is 5.33. The minimum Gasteiger partial charge on any atom is -0.353 e. The normalized spacial score (nSPS) is 20.0. The van der Waals surface area contributed by atoms with Crippen LogP contribution in [-0.2, 0) is 4.79 Å². The van der Waals surface area contributed by atoms with E-state index < -0.39 is 0 Å². The summed E-state index contributed by atoms with van der Waals surface area (Å²) in [6, 6.07) is 0.308. The highest BCUT2D eigenvalue weighted by Gasteiger charge is 2.37. The lowest BCUT2D eigenvalue weighted by atomic mass is 9.79. The van der Waals surface area contributed by atoms with Gasteiger partial charge in [0.1, 0.15) is 0 Å². The number of hydrogen-bond acceptors (Lipinski definition) is 2. The molecule has 0 radical (unpaired) electrons. The number of rotatable bonds is 11. The van der Waals surface area contributed by atoms with Crippen LogP contribution >= 0.6 is 0 Å². The molecule has 1 amide bonds. The van der Waals surface area contributed by atoms with E-state index >= 15 is 0 Å². The molecule has 1 fully saturated rings. The Labute approximate surface area is 150 Å². The molecule has 1 heterocycles. The third-order valence-corrected chi connectivity index (χ3v) is 5.06. The Morgan fingerprint density at radius 3 is 1.83 bits per heavy atom. The first-order valence-corrected chi connectivity index (χ1v) is 10.3. The van der Waals surface area contributed by atoms with Crippen molar-refractivity contribution in [3.05, 3.63) is 0 Å². The molecule has 0 bridgehead atoms. The van der Waals surface area contributed by atoms with Gasteiger partial charge in [0, 0.05) is 23.5 Å². The van der Waals surface area contributed by atoms with Crippen molar-refractivity contribution in [1.82, 2.24) is 10.6 Å². The minimum absolute atomic E-state index is 0.0947. The second-order valence-corrected chi connectivity index (χ2v) is 9.14. The largest absolute Gasteiger partial charge is 0.353 e. The van der Waals surface area contributed by atoms with E-state index in [1.165, 1.54) is 51.4 Å². The van der Waals surface area contributed by atoms with Gasteiger partial charge in [0.25, 0.3) is 0 Å². The lowest BCUT2D eigenvalue weighted by Crippen LogP contribution is -2.62. The maximum absolute atomic E-state index is 12.2. The summed E-state index contributed by atoms with van der Waals surface area (Å²) < 4.78 is 0. The molecule has 0 aromatic rings. The Kier molecular flexibility index (Phi) is 9.33. The van der Waals surface area contributed by atoms with Crippen LogP contribution < -0.4 is 10.6 Å². The van der Waals surface area contributed by atoms with Crippen molar-refractivity contribution in [3.63, 3.8) is 0 Å². The monoisotopic (exact) mass is 338 g/mol. The molecule has 1 rings (SSSR count). The Bertz CT molecular complexity index is 347. The van der Waals surface area contributed by atoms with E-state index in [2.05, 4.69) is 45.3 Å². The summed E-state index contributed by atoms with van der Waals surface area (Å²) in [7, 11) is 0. The number of carbonyl (C=O) groups is 1. The van der Waals surface area contributed by atoms with Gasteiger partial charge in [0.05, 0.1) is 0 Å². The third kappa shape index (κ3) is 9.66. The zero-order valence-corrected chi connectivity index (χ0v) is 17.0. The van der Waals surface area contributed by atoms with E-state index in [0.29, 0.717) is 12.5 Å². The highest BCUT2D eigenvalue weighted by Crippen LogP contribution is 2.28. The first-order chi connectivity index (χ1) is 11.2. The maximum atomic E-state index is 12.2. The zero-order valence-electron chi connectivity index (χ0n) is 17.0. The van der Waals surface area contributed by atoms with E-state index in [1.807, 2.05) is 0 Å². The van der Waals surface area contributed by atoms with Crippen LogP contribution in [0.3, 0.4) is 0 Å². The molecule has 24 heavy (non-hydrogen) atoms. The number of unbranched alkanes of at least 4 members (excludes halogenated alkanes) is 8. The molecule has 0 aliphatic carbocycles. The Morgan fingerprint density at radius 2 is 1.33 bits per heavy atom. The van der Waals surface area contributed by atoms with Crippen molar-refractivity contribution >= 4 is 5.91 Å². The van der Waals surface area contributed by atoms with Crippen LogP contribution in [0.15, 0.2) is 0 Å². The number of nitrogens with one attached hydrogen (secondary N) is 2. The Balaban J connectivity index is 2.09. The van der Waals surface area contributed by atoms with E-state index in [-0.39, 0.29) is 17.0 Å². The van der Waals surface area contributed by atoms with Gasteiger partial charge in [-0.1, -0.05) is 58.3 Å². The van der Waals surface area contributed by atoms with Gasteiger partial charge in [0.2, 0.25) is 5.91 Å². The third-order valence-electron chi connectivity index (χ3n) is 5.06. The molecule has 3 nitrogen and oxygen atoms in total. The molecule has 0 aromatic carbocycles. The average molecular weight is 339 g/mol. The summed E-state index contributed by atoms with van der Waals surface area (Å²) in [6.07, 6.45) is 14.4. The molecule has 0 atom stereocenters. The highest BCUT2D eigenvalue weighted by atomic mass is 16.1. The maximum Gasteiger partial charge on any atom is 0.220 e. The first-order valence-electron chi connectivity index (χ1n) is 10.3. The lowest BCUT2D eigenvalue weighted by molar-refractivity contribution is -0.122. The van der Waals surface area contributed by atoms with Crippen molar-refractivity contribution < 1.29 is 4.79 Å². The smallest absolute Gasteiger partial charge is 0.220 e. The summed E-state index contributed by atoms with van der Waals surface area (Å²) in [5.41, 5.74) is 0.189. The van der Waals surface area contributed by atoms with Gasteiger partial charge in [-0.3, -0.25) is 4.79 Å². The molecule has 1 aliphatic heterocycles. The lowest BCUT2D eigenvalue weighted by Gasteiger charge is -2.46. The fourth-order valence-electron chi connectivity index (χ4n) is 4.32. The van der Waals surface area contributed by atoms with Crippen LogP contribution in [0.2, 0.25) is 0 Å². The molecule has 0 spiro atoms. The van der Waals surface area contributed by atoms with Crippen molar-refractivity contribution in [1.29, 1.82) is 0 Å². The Morgan fingerprint density at radius 1 is 0.875 bits per heavy atom. The molecule has 1 saturated heterocycles. The summed E-state index contributed by atoms with van der Waals surface area (Å²) in [6.45, 7) is 11.2. The number of carbonyl (C=O) groups excluding carboxylic acids is 1. The standard InChI is InChI=1S/C21H42N2O/c1-6-7-8-9-10-11-12-13-14-15-19(24)22-18-16-20(2,3)23-21(4,5)17-18/h18,23H,6-17H2,1-5H3,(H,22,24). The van der Waals surface area contributed by atoms with Gasteiger partial charge in [-0.25, -0.2) is 0 Å². The molecule has 0 aromatic heterocycles. The van der Waals surface area contributed by atoms with Crippen molar-refractivity contribution in [3.8, 4) is 0 Å². The molecule has 0 saturated carbocycles. The second kappa shape index (κ2) is 10.4. The van der Waals surface area contributed by atoms with Gasteiger partial charge in [-0.2, -0.15) is 0 Å². The second-order valence-electron chi connectivity index (χ2n) is 9.14. The number of piperidine rings is 1. The molecular formula is C21H42N2O. The molecule has 2 N–H and O–H groups in total. The van der Waals surface area contributed by atoms with Crippen LogP contribution in [0, 0.1) is 0 Å². The van der Waals surface area contributed by atoms with Crippen molar-refractivity contribution in [2.75, 3.05) is 0 Å². The number of hydrogen-bond donors (Lipinski definition) is 2. The molecular weight excluding hydrogens is 296 g/mol. The van der Waals surface area contributed by atoms with Crippen LogP contribution in [0.1, 0.15) is 112 Å². The summed E-state index contributed by atoms with van der Waals surface area (Å²) >= 11 is 0. The summed E-state index contributed by atoms with van der Waals surface area (Å²) in [4.78, 5) is 12.2. The van der Waals surface area contributed by atoms with Gasteiger partial charge in [-0.05, 0) is 47.0 Å².